The molecule has 6 heteroatoms. The second kappa shape index (κ2) is 5.84. The Bertz CT molecular complexity index is 415. The molecule has 1 saturated carbocycles. The van der Waals surface area contributed by atoms with Gasteiger partial charge in [0.05, 0.1) is 0 Å². The fraction of sp³-hybridized carbons (Fsp3) is 0.667. The second-order valence-electron chi connectivity index (χ2n) is 4.99. The maximum absolute atomic E-state index is 5.95. The average Bonchev–Trinajstić information content (AvgIpc) is 2.36. The molecule has 1 aromatic heterocycles. The molecule has 0 radical (unpaired) electrons. The molecule has 1 aliphatic carbocycles. The summed E-state index contributed by atoms with van der Waals surface area (Å²) in [7, 11) is 0. The normalized spacial score (nSPS) is 27.9. The fourth-order valence-electron chi connectivity index (χ4n) is 2.30. The first kappa shape index (κ1) is 13.5. The van der Waals surface area contributed by atoms with E-state index < -0.39 is 0 Å². The smallest absolute Gasteiger partial charge is 0.233 e. The number of halogens is 1. The summed E-state index contributed by atoms with van der Waals surface area (Å²) in [5, 5.41) is 0. The van der Waals surface area contributed by atoms with Crippen LogP contribution in [0.15, 0.2) is 10.8 Å². The van der Waals surface area contributed by atoms with Crippen molar-refractivity contribution < 1.29 is 4.74 Å². The molecule has 2 rings (SSSR count). The first-order chi connectivity index (χ1) is 8.61. The summed E-state index contributed by atoms with van der Waals surface area (Å²) < 4.78 is 6.63. The summed E-state index contributed by atoms with van der Waals surface area (Å²) in [6.07, 6.45) is 5.03. The van der Waals surface area contributed by atoms with E-state index in [0.29, 0.717) is 22.1 Å². The van der Waals surface area contributed by atoms with Crippen molar-refractivity contribution in [1.29, 1.82) is 0 Å². The molecule has 3 unspecified atom stereocenters. The molecule has 100 valence electrons. The Morgan fingerprint density at radius 2 is 2.11 bits per heavy atom. The van der Waals surface area contributed by atoms with E-state index in [1.807, 2.05) is 0 Å². The summed E-state index contributed by atoms with van der Waals surface area (Å²) in [5.41, 5.74) is 2.51. The van der Waals surface area contributed by atoms with E-state index in [-0.39, 0.29) is 6.10 Å². The highest BCUT2D eigenvalue weighted by molar-refractivity contribution is 9.10. The number of nitrogen functional groups attached to an aromatic ring is 1. The Labute approximate surface area is 116 Å². The quantitative estimate of drug-likeness (QED) is 0.663. The summed E-state index contributed by atoms with van der Waals surface area (Å²) in [5.74, 6) is 7.94. The number of rotatable bonds is 3. The number of hydrogen-bond acceptors (Lipinski definition) is 5. The van der Waals surface area contributed by atoms with Gasteiger partial charge in [-0.15, -0.1) is 0 Å². The van der Waals surface area contributed by atoms with Crippen LogP contribution in [-0.2, 0) is 0 Å². The van der Waals surface area contributed by atoms with E-state index in [9.17, 15) is 0 Å². The van der Waals surface area contributed by atoms with E-state index in [0.717, 1.165) is 18.8 Å². The monoisotopic (exact) mass is 314 g/mol. The average molecular weight is 315 g/mol. The maximum atomic E-state index is 5.95. The first-order valence-electron chi connectivity index (χ1n) is 6.25. The Balaban J connectivity index is 2.06. The molecule has 0 saturated heterocycles. The van der Waals surface area contributed by atoms with Crippen LogP contribution in [0.25, 0.3) is 0 Å². The summed E-state index contributed by atoms with van der Waals surface area (Å²) in [4.78, 5) is 8.15. The predicted molar refractivity (Wildman–Crippen MR) is 74.1 cm³/mol. The minimum atomic E-state index is 0.230. The van der Waals surface area contributed by atoms with Crippen LogP contribution in [0.4, 0.5) is 5.82 Å². The fourth-order valence-corrected chi connectivity index (χ4v) is 2.71. The third kappa shape index (κ3) is 2.92. The van der Waals surface area contributed by atoms with Crippen molar-refractivity contribution in [3.8, 4) is 5.88 Å². The Morgan fingerprint density at radius 3 is 2.78 bits per heavy atom. The molecule has 3 atom stereocenters. The van der Waals surface area contributed by atoms with Crippen LogP contribution in [0.5, 0.6) is 5.88 Å². The summed E-state index contributed by atoms with van der Waals surface area (Å²) >= 11 is 3.40. The lowest BCUT2D eigenvalue weighted by Crippen LogP contribution is -2.29. The highest BCUT2D eigenvalue weighted by atomic mass is 79.9. The lowest BCUT2D eigenvalue weighted by atomic mass is 9.80. The number of aromatic nitrogens is 2. The number of ether oxygens (including phenoxy) is 1. The molecule has 1 heterocycles. The van der Waals surface area contributed by atoms with Gasteiger partial charge >= 0.3 is 0 Å². The third-order valence-corrected chi connectivity index (χ3v) is 4.44. The maximum Gasteiger partial charge on any atom is 0.233 e. The third-order valence-electron chi connectivity index (χ3n) is 3.72. The number of hydrogen-bond donors (Lipinski definition) is 2. The standard InChI is InChI=1S/C12H19BrN4O/c1-7-3-4-9(5-8(7)2)18-12-10(13)11(17-14)15-6-16-12/h6-9H,3-5,14H2,1-2H3,(H,15,16,17). The molecule has 0 amide bonds. The van der Waals surface area contributed by atoms with Gasteiger partial charge in [-0.3, -0.25) is 0 Å². The van der Waals surface area contributed by atoms with Crippen LogP contribution >= 0.6 is 15.9 Å². The van der Waals surface area contributed by atoms with Gasteiger partial charge < -0.3 is 10.2 Å². The molecule has 0 spiro atoms. The molecule has 5 nitrogen and oxygen atoms in total. The molecule has 3 N–H and O–H groups in total. The van der Waals surface area contributed by atoms with E-state index in [1.165, 1.54) is 12.7 Å². The highest BCUT2D eigenvalue weighted by Crippen LogP contribution is 2.34. The van der Waals surface area contributed by atoms with Gasteiger partial charge in [-0.1, -0.05) is 13.8 Å². The van der Waals surface area contributed by atoms with Crippen molar-refractivity contribution in [3.05, 3.63) is 10.8 Å². The molecular formula is C12H19BrN4O. The largest absolute Gasteiger partial charge is 0.473 e. The second-order valence-corrected chi connectivity index (χ2v) is 5.79. The number of nitrogens with two attached hydrogens (primary N) is 1. The lowest BCUT2D eigenvalue weighted by Gasteiger charge is -2.32. The minimum absolute atomic E-state index is 0.230. The number of hydrazine groups is 1. The summed E-state index contributed by atoms with van der Waals surface area (Å²) in [6, 6.07) is 0. The van der Waals surface area contributed by atoms with Crippen LogP contribution in [0, 0.1) is 11.8 Å². The molecule has 0 aliphatic heterocycles. The summed E-state index contributed by atoms with van der Waals surface area (Å²) in [6.45, 7) is 4.58. The van der Waals surface area contributed by atoms with E-state index in [2.05, 4.69) is 45.2 Å². The van der Waals surface area contributed by atoms with Crippen molar-refractivity contribution in [2.45, 2.75) is 39.2 Å². The molecule has 0 bridgehead atoms. The minimum Gasteiger partial charge on any atom is -0.473 e. The Kier molecular flexibility index (Phi) is 4.40. The van der Waals surface area contributed by atoms with Gasteiger partial charge in [0.15, 0.2) is 5.82 Å². The molecule has 18 heavy (non-hydrogen) atoms. The SMILES string of the molecule is CC1CCC(Oc2ncnc(NN)c2Br)CC1C. The number of anilines is 1. The van der Waals surface area contributed by atoms with Gasteiger partial charge in [0, 0.05) is 0 Å². The Hall–Kier alpha value is -0.880. The van der Waals surface area contributed by atoms with Crippen molar-refractivity contribution in [2.75, 3.05) is 5.43 Å². The van der Waals surface area contributed by atoms with Gasteiger partial charge in [0.2, 0.25) is 5.88 Å². The van der Waals surface area contributed by atoms with Gasteiger partial charge in [0.25, 0.3) is 0 Å². The van der Waals surface area contributed by atoms with Gasteiger partial charge in [-0.05, 0) is 47.0 Å². The molecule has 0 aromatic carbocycles. The van der Waals surface area contributed by atoms with E-state index in [1.54, 1.807) is 0 Å². The van der Waals surface area contributed by atoms with E-state index >= 15 is 0 Å². The highest BCUT2D eigenvalue weighted by Gasteiger charge is 2.26. The molecule has 1 fully saturated rings. The molecule has 1 aliphatic rings. The van der Waals surface area contributed by atoms with Crippen LogP contribution in [0.2, 0.25) is 0 Å². The predicted octanol–water partition coefficient (Wildman–Crippen LogP) is 2.73. The first-order valence-corrected chi connectivity index (χ1v) is 7.05. The van der Waals surface area contributed by atoms with Crippen LogP contribution < -0.4 is 16.0 Å². The van der Waals surface area contributed by atoms with E-state index in [4.69, 9.17) is 10.6 Å². The zero-order chi connectivity index (χ0) is 13.1. The van der Waals surface area contributed by atoms with Crippen molar-refractivity contribution in [3.63, 3.8) is 0 Å². The molecular weight excluding hydrogens is 296 g/mol. The van der Waals surface area contributed by atoms with Gasteiger partial charge in [-0.25, -0.2) is 15.8 Å². The topological polar surface area (TPSA) is 73.1 Å². The number of nitrogens with one attached hydrogen (secondary N) is 1. The van der Waals surface area contributed by atoms with Crippen LogP contribution in [-0.4, -0.2) is 16.1 Å². The van der Waals surface area contributed by atoms with Gasteiger partial charge in [-0.2, -0.15) is 0 Å². The molecule has 1 aromatic rings. The van der Waals surface area contributed by atoms with Crippen molar-refractivity contribution >= 4 is 21.7 Å². The lowest BCUT2D eigenvalue weighted by molar-refractivity contribution is 0.0956. The van der Waals surface area contributed by atoms with Crippen molar-refractivity contribution in [1.82, 2.24) is 9.97 Å². The zero-order valence-electron chi connectivity index (χ0n) is 10.7. The van der Waals surface area contributed by atoms with Crippen molar-refractivity contribution in [2.24, 2.45) is 17.7 Å². The van der Waals surface area contributed by atoms with Gasteiger partial charge in [0.1, 0.15) is 16.9 Å². The van der Waals surface area contributed by atoms with Crippen LogP contribution in [0.1, 0.15) is 33.1 Å². The Morgan fingerprint density at radius 1 is 1.33 bits per heavy atom. The zero-order valence-corrected chi connectivity index (χ0v) is 12.3. The number of nitrogens with zero attached hydrogens (tertiary/aromatic N) is 2. The van der Waals surface area contributed by atoms with Crippen LogP contribution in [0.3, 0.4) is 0 Å².